The number of para-hydroxylation sites is 1. The Morgan fingerprint density at radius 2 is 1.88 bits per heavy atom. The van der Waals surface area contributed by atoms with E-state index >= 15 is 0 Å². The minimum Gasteiger partial charge on any atom is -0.491 e. The van der Waals surface area contributed by atoms with Gasteiger partial charge in [-0.05, 0) is 19.1 Å². The van der Waals surface area contributed by atoms with Gasteiger partial charge >= 0.3 is 0 Å². The summed E-state index contributed by atoms with van der Waals surface area (Å²) in [7, 11) is 0. The zero-order chi connectivity index (χ0) is 12.0. The number of benzene rings is 1. The maximum absolute atomic E-state index is 11.4. The number of hydrogen-bond donors (Lipinski definition) is 1. The monoisotopic (exact) mass is 221 g/mol. The lowest BCUT2D eigenvalue weighted by Gasteiger charge is -2.16. The van der Waals surface area contributed by atoms with E-state index in [0.29, 0.717) is 6.61 Å². The fourth-order valence-electron chi connectivity index (χ4n) is 1.19. The molecule has 0 unspecified atom stereocenters. The van der Waals surface area contributed by atoms with Crippen molar-refractivity contribution in [3.05, 3.63) is 30.3 Å². The van der Waals surface area contributed by atoms with Crippen molar-refractivity contribution in [3.8, 4) is 5.75 Å². The quantitative estimate of drug-likeness (QED) is 0.828. The molecule has 1 N–H and O–H groups in total. The summed E-state index contributed by atoms with van der Waals surface area (Å²) in [6.07, 6.45) is 0. The molecule has 0 aromatic heterocycles. The van der Waals surface area contributed by atoms with Crippen LogP contribution in [0.2, 0.25) is 0 Å². The van der Waals surface area contributed by atoms with E-state index in [4.69, 9.17) is 4.74 Å². The molecular formula is C13H19NO2. The summed E-state index contributed by atoms with van der Waals surface area (Å²) in [6, 6.07) is 9.61. The van der Waals surface area contributed by atoms with Crippen molar-refractivity contribution in [1.29, 1.82) is 0 Å². The first-order chi connectivity index (χ1) is 7.59. The first-order valence-electron chi connectivity index (χ1n) is 5.58. The van der Waals surface area contributed by atoms with Crippen molar-refractivity contribution < 1.29 is 9.53 Å². The van der Waals surface area contributed by atoms with Crippen LogP contribution in [-0.2, 0) is 4.79 Å². The highest BCUT2D eigenvalue weighted by Crippen LogP contribution is 2.08. The number of amides is 1. The lowest BCUT2D eigenvalue weighted by atomic mass is 10.2. The molecule has 1 aromatic rings. The molecule has 0 fully saturated rings. The molecule has 1 amide bonds. The number of hydrogen-bond acceptors (Lipinski definition) is 2. The molecule has 3 heteroatoms. The molecule has 0 saturated carbocycles. The highest BCUT2D eigenvalue weighted by molar-refractivity contribution is 5.78. The van der Waals surface area contributed by atoms with Gasteiger partial charge in [0.1, 0.15) is 12.4 Å². The lowest BCUT2D eigenvalue weighted by molar-refractivity contribution is -0.124. The fraction of sp³-hybridized carbons (Fsp3) is 0.462. The summed E-state index contributed by atoms with van der Waals surface area (Å²) < 4.78 is 5.53. The van der Waals surface area contributed by atoms with E-state index in [0.717, 1.165) is 5.75 Å². The third-order valence-electron chi connectivity index (χ3n) is 2.16. The summed E-state index contributed by atoms with van der Waals surface area (Å²) in [5.74, 6) is 0.900. The predicted octanol–water partition coefficient (Wildman–Crippen LogP) is 2.23. The molecule has 0 bridgehead atoms. The molecule has 1 atom stereocenters. The minimum absolute atomic E-state index is 0.0131. The molecule has 0 aliphatic heterocycles. The topological polar surface area (TPSA) is 38.3 Å². The van der Waals surface area contributed by atoms with Crippen molar-refractivity contribution in [2.75, 3.05) is 6.61 Å². The normalized spacial score (nSPS) is 12.2. The van der Waals surface area contributed by atoms with Crippen LogP contribution in [-0.4, -0.2) is 18.6 Å². The average molecular weight is 221 g/mol. The summed E-state index contributed by atoms with van der Waals surface area (Å²) in [5, 5.41) is 2.89. The van der Waals surface area contributed by atoms with E-state index in [2.05, 4.69) is 5.32 Å². The highest BCUT2D eigenvalue weighted by Gasteiger charge is 2.10. The van der Waals surface area contributed by atoms with Gasteiger partial charge in [0.05, 0.1) is 6.04 Å². The Bertz CT molecular complexity index is 322. The van der Waals surface area contributed by atoms with Gasteiger partial charge in [0.15, 0.2) is 0 Å². The summed E-state index contributed by atoms with van der Waals surface area (Å²) in [6.45, 7) is 6.17. The van der Waals surface area contributed by atoms with Gasteiger partial charge < -0.3 is 10.1 Å². The molecule has 88 valence electrons. The Kier molecular flexibility index (Phi) is 4.83. The van der Waals surface area contributed by atoms with Crippen LogP contribution in [0.4, 0.5) is 0 Å². The van der Waals surface area contributed by atoms with Crippen LogP contribution in [0.15, 0.2) is 30.3 Å². The van der Waals surface area contributed by atoms with Crippen molar-refractivity contribution in [3.63, 3.8) is 0 Å². The second-order valence-corrected chi connectivity index (χ2v) is 4.19. The van der Waals surface area contributed by atoms with Crippen molar-refractivity contribution >= 4 is 5.91 Å². The second-order valence-electron chi connectivity index (χ2n) is 4.19. The Morgan fingerprint density at radius 1 is 1.25 bits per heavy atom. The second kappa shape index (κ2) is 6.16. The van der Waals surface area contributed by atoms with Crippen molar-refractivity contribution in [2.24, 2.45) is 5.92 Å². The van der Waals surface area contributed by atoms with Gasteiger partial charge in [-0.1, -0.05) is 32.0 Å². The molecule has 16 heavy (non-hydrogen) atoms. The van der Waals surface area contributed by atoms with Gasteiger partial charge in [0.2, 0.25) is 5.91 Å². The SMILES string of the molecule is CC(C)C(=O)N[C@H](C)COc1ccccc1. The minimum atomic E-state index is 0.0131. The Balaban J connectivity index is 2.30. The summed E-state index contributed by atoms with van der Waals surface area (Å²) >= 11 is 0. The molecule has 0 heterocycles. The Morgan fingerprint density at radius 3 is 2.44 bits per heavy atom. The number of ether oxygens (including phenoxy) is 1. The molecule has 0 aliphatic rings. The van der Waals surface area contributed by atoms with Crippen LogP contribution in [0.3, 0.4) is 0 Å². The molecule has 0 aliphatic carbocycles. The predicted molar refractivity (Wildman–Crippen MR) is 64.4 cm³/mol. The standard InChI is InChI=1S/C13H19NO2/c1-10(2)13(15)14-11(3)9-16-12-7-5-4-6-8-12/h4-8,10-11H,9H2,1-3H3,(H,14,15)/t11-/m1/s1. The van der Waals surface area contributed by atoms with Crippen molar-refractivity contribution in [1.82, 2.24) is 5.32 Å². The number of carbonyl (C=O) groups is 1. The third-order valence-corrected chi connectivity index (χ3v) is 2.16. The maximum atomic E-state index is 11.4. The molecule has 0 spiro atoms. The molecule has 0 radical (unpaired) electrons. The molecule has 3 nitrogen and oxygen atoms in total. The largest absolute Gasteiger partial charge is 0.491 e. The van der Waals surface area contributed by atoms with E-state index in [9.17, 15) is 4.79 Å². The van der Waals surface area contributed by atoms with Crippen LogP contribution in [0, 0.1) is 5.92 Å². The maximum Gasteiger partial charge on any atom is 0.222 e. The van der Waals surface area contributed by atoms with Crippen molar-refractivity contribution in [2.45, 2.75) is 26.8 Å². The third kappa shape index (κ3) is 4.34. The number of rotatable bonds is 5. The van der Waals surface area contributed by atoms with Crippen LogP contribution in [0.25, 0.3) is 0 Å². The fourth-order valence-corrected chi connectivity index (χ4v) is 1.19. The van der Waals surface area contributed by atoms with Gasteiger partial charge in [-0.25, -0.2) is 0 Å². The molecule has 1 rings (SSSR count). The number of carbonyl (C=O) groups excluding carboxylic acids is 1. The van der Waals surface area contributed by atoms with Gasteiger partial charge in [0, 0.05) is 5.92 Å². The molecular weight excluding hydrogens is 202 g/mol. The van der Waals surface area contributed by atoms with Crippen LogP contribution in [0.1, 0.15) is 20.8 Å². The van der Waals surface area contributed by atoms with Crippen LogP contribution >= 0.6 is 0 Å². The summed E-state index contributed by atoms with van der Waals surface area (Å²) in [4.78, 5) is 11.4. The Labute approximate surface area is 96.8 Å². The molecule has 1 aromatic carbocycles. The van der Waals surface area contributed by atoms with Crippen LogP contribution < -0.4 is 10.1 Å². The van der Waals surface area contributed by atoms with Gasteiger partial charge in [-0.15, -0.1) is 0 Å². The van der Waals surface area contributed by atoms with Gasteiger partial charge in [-0.2, -0.15) is 0 Å². The van der Waals surface area contributed by atoms with E-state index in [1.807, 2.05) is 51.1 Å². The zero-order valence-electron chi connectivity index (χ0n) is 10.1. The van der Waals surface area contributed by atoms with Crippen LogP contribution in [0.5, 0.6) is 5.75 Å². The van der Waals surface area contributed by atoms with E-state index in [1.54, 1.807) is 0 Å². The lowest BCUT2D eigenvalue weighted by Crippen LogP contribution is -2.39. The van der Waals surface area contributed by atoms with Gasteiger partial charge in [0.25, 0.3) is 0 Å². The van der Waals surface area contributed by atoms with E-state index in [-0.39, 0.29) is 17.9 Å². The number of nitrogens with one attached hydrogen (secondary N) is 1. The van der Waals surface area contributed by atoms with E-state index in [1.165, 1.54) is 0 Å². The first-order valence-corrected chi connectivity index (χ1v) is 5.58. The molecule has 0 saturated heterocycles. The Hall–Kier alpha value is -1.51. The average Bonchev–Trinajstić information content (AvgIpc) is 2.27. The van der Waals surface area contributed by atoms with Gasteiger partial charge in [-0.3, -0.25) is 4.79 Å². The smallest absolute Gasteiger partial charge is 0.222 e. The first kappa shape index (κ1) is 12.6. The summed E-state index contributed by atoms with van der Waals surface area (Å²) in [5.41, 5.74) is 0. The zero-order valence-corrected chi connectivity index (χ0v) is 10.1. The highest BCUT2D eigenvalue weighted by atomic mass is 16.5. The van der Waals surface area contributed by atoms with E-state index < -0.39 is 0 Å².